The lowest BCUT2D eigenvalue weighted by Crippen LogP contribution is -2.23. The number of aryl methyl sites for hydroxylation is 1. The summed E-state index contributed by atoms with van der Waals surface area (Å²) in [6.45, 7) is 1.81. The second-order valence-corrected chi connectivity index (χ2v) is 5.33. The van der Waals surface area contributed by atoms with E-state index < -0.39 is 4.92 Å². The van der Waals surface area contributed by atoms with Crippen molar-refractivity contribution in [3.8, 4) is 5.75 Å². The molecule has 100 valence electrons. The van der Waals surface area contributed by atoms with Gasteiger partial charge < -0.3 is 10.0 Å². The molecule has 0 saturated carbocycles. The number of rotatable bonds is 1. The monoisotopic (exact) mass is 262 g/mol. The number of nitro benzene ring substituents is 1. The van der Waals surface area contributed by atoms with Crippen LogP contribution in [0.4, 0.5) is 5.69 Å². The average Bonchev–Trinajstić information content (AvgIpc) is 2.83. The van der Waals surface area contributed by atoms with Gasteiger partial charge in [0.15, 0.2) is 5.75 Å². The maximum atomic E-state index is 11.7. The first-order chi connectivity index (χ1) is 8.91. The standard InChI is InChI=1S/C13H14N2O4/c1-6-3-9(15(18)19)13(17)11-8(6)4-7-5-10(16)14(2)12(7)11/h3,7,12,17H,4-5H2,1-2H3. The minimum atomic E-state index is -0.577. The third-order valence-electron chi connectivity index (χ3n) is 4.30. The van der Waals surface area contributed by atoms with Crippen LogP contribution in [0.2, 0.25) is 0 Å². The highest BCUT2D eigenvalue weighted by molar-refractivity contribution is 5.81. The molecule has 1 aliphatic carbocycles. The van der Waals surface area contributed by atoms with Gasteiger partial charge in [0.05, 0.1) is 11.0 Å². The first kappa shape index (κ1) is 12.0. The lowest BCUT2D eigenvalue weighted by molar-refractivity contribution is -0.386. The number of carbonyl (C=O) groups excluding carboxylic acids is 1. The number of benzene rings is 1. The number of hydrogen-bond donors (Lipinski definition) is 1. The Morgan fingerprint density at radius 3 is 2.79 bits per heavy atom. The number of carbonyl (C=O) groups is 1. The maximum absolute atomic E-state index is 11.7. The number of phenols is 1. The van der Waals surface area contributed by atoms with E-state index in [1.807, 2.05) is 6.92 Å². The molecular weight excluding hydrogens is 248 g/mol. The summed E-state index contributed by atoms with van der Waals surface area (Å²) in [7, 11) is 1.69. The molecule has 1 saturated heterocycles. The van der Waals surface area contributed by atoms with Gasteiger partial charge in [-0.25, -0.2) is 0 Å². The highest BCUT2D eigenvalue weighted by atomic mass is 16.6. The SMILES string of the molecule is Cc1cc([N+](=O)[O-])c(O)c2c1CC1CC(=O)N(C)C21. The van der Waals surface area contributed by atoms with Gasteiger partial charge in [-0.05, 0) is 30.4 Å². The lowest BCUT2D eigenvalue weighted by atomic mass is 10.00. The predicted molar refractivity (Wildman–Crippen MR) is 66.8 cm³/mol. The Hall–Kier alpha value is -2.11. The van der Waals surface area contributed by atoms with Crippen LogP contribution in [0.25, 0.3) is 0 Å². The highest BCUT2D eigenvalue weighted by Gasteiger charge is 2.47. The number of nitro groups is 1. The summed E-state index contributed by atoms with van der Waals surface area (Å²) in [5, 5.41) is 21.2. The molecule has 6 heteroatoms. The van der Waals surface area contributed by atoms with E-state index in [1.165, 1.54) is 6.07 Å². The molecule has 0 aromatic heterocycles. The summed E-state index contributed by atoms with van der Waals surface area (Å²) >= 11 is 0. The van der Waals surface area contributed by atoms with Gasteiger partial charge in [-0.1, -0.05) is 0 Å². The first-order valence-electron chi connectivity index (χ1n) is 6.17. The number of nitrogens with zero attached hydrogens (tertiary/aromatic N) is 2. The number of hydrogen-bond acceptors (Lipinski definition) is 4. The lowest BCUT2D eigenvalue weighted by Gasteiger charge is -2.21. The van der Waals surface area contributed by atoms with Gasteiger partial charge in [-0.3, -0.25) is 14.9 Å². The third kappa shape index (κ3) is 1.46. The van der Waals surface area contributed by atoms with Crippen LogP contribution in [-0.2, 0) is 11.2 Å². The van der Waals surface area contributed by atoms with Gasteiger partial charge in [-0.15, -0.1) is 0 Å². The number of aromatic hydroxyl groups is 1. The highest BCUT2D eigenvalue weighted by Crippen LogP contribution is 2.52. The second kappa shape index (κ2) is 3.69. The van der Waals surface area contributed by atoms with E-state index in [4.69, 9.17) is 0 Å². The van der Waals surface area contributed by atoms with Gasteiger partial charge in [0.25, 0.3) is 0 Å². The zero-order chi connectivity index (χ0) is 13.9. The van der Waals surface area contributed by atoms with Gasteiger partial charge in [0.2, 0.25) is 5.91 Å². The number of amides is 1. The topological polar surface area (TPSA) is 83.7 Å². The third-order valence-corrected chi connectivity index (χ3v) is 4.30. The summed E-state index contributed by atoms with van der Waals surface area (Å²) in [5.74, 6) is -0.122. The summed E-state index contributed by atoms with van der Waals surface area (Å²) in [6.07, 6.45) is 1.15. The van der Waals surface area contributed by atoms with Crippen molar-refractivity contribution in [3.05, 3.63) is 32.9 Å². The molecule has 0 bridgehead atoms. The average molecular weight is 262 g/mol. The van der Waals surface area contributed by atoms with E-state index in [1.54, 1.807) is 11.9 Å². The van der Waals surface area contributed by atoms with E-state index in [9.17, 15) is 20.0 Å². The molecule has 6 nitrogen and oxygen atoms in total. The minimum absolute atomic E-state index is 0.0317. The Morgan fingerprint density at radius 2 is 2.16 bits per heavy atom. The smallest absolute Gasteiger partial charge is 0.311 e. The molecule has 2 unspecified atom stereocenters. The van der Waals surface area contributed by atoms with E-state index >= 15 is 0 Å². The normalized spacial score (nSPS) is 24.5. The fourth-order valence-corrected chi connectivity index (χ4v) is 3.41. The van der Waals surface area contributed by atoms with E-state index in [0.717, 1.165) is 11.1 Å². The number of fused-ring (bicyclic) bond motifs is 3. The van der Waals surface area contributed by atoms with Crippen LogP contribution in [0.15, 0.2) is 6.07 Å². The molecule has 1 aromatic rings. The first-order valence-corrected chi connectivity index (χ1v) is 6.17. The summed E-state index contributed by atoms with van der Waals surface area (Å²) < 4.78 is 0. The van der Waals surface area contributed by atoms with Crippen LogP contribution in [0.5, 0.6) is 5.75 Å². The van der Waals surface area contributed by atoms with E-state index in [2.05, 4.69) is 0 Å². The fourth-order valence-electron chi connectivity index (χ4n) is 3.41. The van der Waals surface area contributed by atoms with Crippen molar-refractivity contribution in [2.45, 2.75) is 25.8 Å². The predicted octanol–water partition coefficient (Wildman–Crippen LogP) is 1.68. The van der Waals surface area contributed by atoms with Crippen molar-refractivity contribution in [1.29, 1.82) is 0 Å². The van der Waals surface area contributed by atoms with Crippen molar-refractivity contribution >= 4 is 11.6 Å². The van der Waals surface area contributed by atoms with Crippen molar-refractivity contribution in [2.75, 3.05) is 7.05 Å². The van der Waals surface area contributed by atoms with Crippen LogP contribution < -0.4 is 0 Å². The molecule has 1 aliphatic heterocycles. The molecule has 1 N–H and O–H groups in total. The van der Waals surface area contributed by atoms with Crippen molar-refractivity contribution in [3.63, 3.8) is 0 Å². The van der Waals surface area contributed by atoms with Crippen LogP contribution in [0.3, 0.4) is 0 Å². The van der Waals surface area contributed by atoms with Crippen LogP contribution >= 0.6 is 0 Å². The molecule has 2 aliphatic rings. The molecule has 1 aromatic carbocycles. The van der Waals surface area contributed by atoms with Gasteiger partial charge in [0, 0.05) is 25.1 Å². The molecule has 0 radical (unpaired) electrons. The zero-order valence-electron chi connectivity index (χ0n) is 10.7. The molecule has 0 spiro atoms. The molecule has 1 amide bonds. The Bertz CT molecular complexity index is 611. The van der Waals surface area contributed by atoms with Crippen LogP contribution in [-0.4, -0.2) is 27.9 Å². The molecule has 2 atom stereocenters. The van der Waals surface area contributed by atoms with E-state index in [-0.39, 0.29) is 29.3 Å². The van der Waals surface area contributed by atoms with Gasteiger partial charge >= 0.3 is 5.69 Å². The van der Waals surface area contributed by atoms with Crippen LogP contribution in [0, 0.1) is 23.0 Å². The molecule has 19 heavy (non-hydrogen) atoms. The van der Waals surface area contributed by atoms with E-state index in [0.29, 0.717) is 18.4 Å². The van der Waals surface area contributed by atoms with Gasteiger partial charge in [0.1, 0.15) is 0 Å². The van der Waals surface area contributed by atoms with Crippen molar-refractivity contribution < 1.29 is 14.8 Å². The largest absolute Gasteiger partial charge is 0.502 e. The zero-order valence-corrected chi connectivity index (χ0v) is 10.7. The maximum Gasteiger partial charge on any atom is 0.311 e. The second-order valence-electron chi connectivity index (χ2n) is 5.33. The summed E-state index contributed by atoms with van der Waals surface area (Å²) in [6, 6.07) is 1.19. The Morgan fingerprint density at radius 1 is 1.47 bits per heavy atom. The molecule has 1 fully saturated rings. The molecular formula is C13H14N2O4. The number of phenolic OH excluding ortho intramolecular Hbond substituents is 1. The molecule has 3 rings (SSSR count). The quantitative estimate of drug-likeness (QED) is 0.616. The Labute approximate surface area is 109 Å². The Balaban J connectivity index is 2.22. The van der Waals surface area contributed by atoms with Crippen molar-refractivity contribution in [1.82, 2.24) is 4.90 Å². The van der Waals surface area contributed by atoms with Gasteiger partial charge in [-0.2, -0.15) is 0 Å². The van der Waals surface area contributed by atoms with Crippen LogP contribution in [0.1, 0.15) is 29.2 Å². The summed E-state index contributed by atoms with van der Waals surface area (Å²) in [4.78, 5) is 23.7. The summed E-state index contributed by atoms with van der Waals surface area (Å²) in [5.41, 5.74) is 2.07. The van der Waals surface area contributed by atoms with Crippen molar-refractivity contribution in [2.24, 2.45) is 5.92 Å². The number of likely N-dealkylation sites (tertiary alicyclic amines) is 1. The Kier molecular flexibility index (Phi) is 2.32. The molecule has 1 heterocycles. The minimum Gasteiger partial charge on any atom is -0.502 e. The fraction of sp³-hybridized carbons (Fsp3) is 0.462.